The fraction of sp³-hybridized carbons (Fsp3) is 0.333. The summed E-state index contributed by atoms with van der Waals surface area (Å²) in [6, 6.07) is 0. The third-order valence-electron chi connectivity index (χ3n) is 0.642. The van der Waals surface area contributed by atoms with Crippen LogP contribution in [0.1, 0.15) is 6.92 Å². The molecule has 0 saturated carbocycles. The van der Waals surface area contributed by atoms with Gasteiger partial charge in [0.2, 0.25) is 0 Å². The van der Waals surface area contributed by atoms with Gasteiger partial charge in [-0.05, 0) is 13.0 Å². The van der Waals surface area contributed by atoms with Crippen LogP contribution in [0.2, 0.25) is 0 Å². The molecule has 0 aromatic carbocycles. The van der Waals surface area contributed by atoms with E-state index in [-0.39, 0.29) is 58.0 Å². The Hall–Kier alpha value is 0.316. The smallest absolute Gasteiger partial charge is 0.545 e. The first kappa shape index (κ1) is 13.9. The van der Waals surface area contributed by atoms with Crippen molar-refractivity contribution in [3.05, 3.63) is 12.2 Å². The van der Waals surface area contributed by atoms with Crippen molar-refractivity contribution in [3.8, 4) is 0 Å². The van der Waals surface area contributed by atoms with Crippen molar-refractivity contribution in [2.75, 3.05) is 6.61 Å². The SMILES string of the molecule is CCOC(=O)/C=C/C(=O)[O-].[K+]. The second-order valence-corrected chi connectivity index (χ2v) is 1.40. The predicted molar refractivity (Wildman–Crippen MR) is 30.8 cm³/mol. The van der Waals surface area contributed by atoms with Gasteiger partial charge in [-0.15, -0.1) is 0 Å². The van der Waals surface area contributed by atoms with Gasteiger partial charge in [0, 0.05) is 6.08 Å². The molecule has 0 amide bonds. The topological polar surface area (TPSA) is 66.4 Å². The summed E-state index contributed by atoms with van der Waals surface area (Å²) < 4.78 is 4.38. The molecule has 0 bridgehead atoms. The Labute approximate surface area is 107 Å². The number of hydrogen-bond donors (Lipinski definition) is 0. The molecular weight excluding hydrogens is 175 g/mol. The maximum Gasteiger partial charge on any atom is 1.00 e. The molecule has 0 spiro atoms. The van der Waals surface area contributed by atoms with Crippen molar-refractivity contribution in [3.63, 3.8) is 0 Å². The number of carbonyl (C=O) groups is 2. The van der Waals surface area contributed by atoms with Crippen LogP contribution in [0.15, 0.2) is 12.2 Å². The third-order valence-corrected chi connectivity index (χ3v) is 0.642. The summed E-state index contributed by atoms with van der Waals surface area (Å²) in [5.74, 6) is -2.08. The van der Waals surface area contributed by atoms with E-state index in [1.54, 1.807) is 6.92 Å². The number of rotatable bonds is 3. The summed E-state index contributed by atoms with van der Waals surface area (Å²) in [6.45, 7) is 1.86. The van der Waals surface area contributed by atoms with Gasteiger partial charge in [-0.2, -0.15) is 0 Å². The molecule has 0 fully saturated rings. The predicted octanol–water partition coefficient (Wildman–Crippen LogP) is -4.14. The number of ether oxygens (including phenoxy) is 1. The maximum atomic E-state index is 10.3. The van der Waals surface area contributed by atoms with Gasteiger partial charge < -0.3 is 14.6 Å². The molecule has 0 atom stereocenters. The summed E-state index contributed by atoms with van der Waals surface area (Å²) >= 11 is 0. The molecule has 0 aliphatic heterocycles. The molecule has 0 unspecified atom stereocenters. The first-order valence-electron chi connectivity index (χ1n) is 2.72. The molecule has 0 saturated heterocycles. The zero-order chi connectivity index (χ0) is 7.98. The van der Waals surface area contributed by atoms with E-state index in [9.17, 15) is 14.7 Å². The van der Waals surface area contributed by atoms with Gasteiger partial charge in [-0.1, -0.05) is 0 Å². The number of carbonyl (C=O) groups excluding carboxylic acids is 2. The van der Waals surface area contributed by atoms with E-state index in [0.717, 1.165) is 6.08 Å². The van der Waals surface area contributed by atoms with Crippen molar-refractivity contribution in [1.29, 1.82) is 0 Å². The number of esters is 1. The molecule has 0 heterocycles. The van der Waals surface area contributed by atoms with Gasteiger partial charge in [-0.25, -0.2) is 4.79 Å². The minimum Gasteiger partial charge on any atom is -0.545 e. The van der Waals surface area contributed by atoms with Gasteiger partial charge in [0.1, 0.15) is 0 Å². The van der Waals surface area contributed by atoms with E-state index in [1.807, 2.05) is 0 Å². The number of aliphatic carboxylic acids is 1. The Kier molecular flexibility index (Phi) is 10.6. The Bertz CT molecular complexity index is 164. The Morgan fingerprint density at radius 1 is 1.45 bits per heavy atom. The monoisotopic (exact) mass is 182 g/mol. The molecule has 0 aromatic rings. The van der Waals surface area contributed by atoms with Crippen LogP contribution >= 0.6 is 0 Å². The van der Waals surface area contributed by atoms with Crippen LogP contribution in [-0.4, -0.2) is 18.5 Å². The minimum atomic E-state index is -1.41. The van der Waals surface area contributed by atoms with E-state index in [0.29, 0.717) is 6.08 Å². The van der Waals surface area contributed by atoms with E-state index in [4.69, 9.17) is 0 Å². The van der Waals surface area contributed by atoms with Crippen LogP contribution in [0.4, 0.5) is 0 Å². The number of carboxylic acids is 1. The van der Waals surface area contributed by atoms with E-state index >= 15 is 0 Å². The van der Waals surface area contributed by atoms with Crippen LogP contribution in [-0.2, 0) is 14.3 Å². The average molecular weight is 182 g/mol. The zero-order valence-corrected chi connectivity index (χ0v) is 9.62. The van der Waals surface area contributed by atoms with E-state index in [2.05, 4.69) is 4.74 Å². The van der Waals surface area contributed by atoms with Gasteiger partial charge >= 0.3 is 57.4 Å². The molecule has 0 N–H and O–H groups in total. The Balaban J connectivity index is 0. The molecule has 0 aromatic heterocycles. The quantitative estimate of drug-likeness (QED) is 0.252. The van der Waals surface area contributed by atoms with Crippen LogP contribution in [0, 0.1) is 0 Å². The first-order valence-corrected chi connectivity index (χ1v) is 2.72. The largest absolute Gasteiger partial charge is 1.00 e. The van der Waals surface area contributed by atoms with Crippen LogP contribution in [0.25, 0.3) is 0 Å². The Morgan fingerprint density at radius 2 is 2.00 bits per heavy atom. The normalized spacial score (nSPS) is 8.82. The molecule has 4 nitrogen and oxygen atoms in total. The van der Waals surface area contributed by atoms with Crippen molar-refractivity contribution in [1.82, 2.24) is 0 Å². The van der Waals surface area contributed by atoms with Crippen molar-refractivity contribution < 1.29 is 70.8 Å². The van der Waals surface area contributed by atoms with Crippen LogP contribution < -0.4 is 56.5 Å². The molecule has 56 valence electrons. The van der Waals surface area contributed by atoms with Crippen LogP contribution in [0.5, 0.6) is 0 Å². The fourth-order valence-corrected chi connectivity index (χ4v) is 0.326. The third kappa shape index (κ3) is 10.3. The van der Waals surface area contributed by atoms with Gasteiger partial charge in [0.05, 0.1) is 12.6 Å². The first-order chi connectivity index (χ1) is 4.66. The molecule has 0 radical (unpaired) electrons. The van der Waals surface area contributed by atoms with Gasteiger partial charge in [0.25, 0.3) is 0 Å². The molecule has 0 rings (SSSR count). The van der Waals surface area contributed by atoms with E-state index < -0.39 is 11.9 Å². The summed E-state index contributed by atoms with van der Waals surface area (Å²) in [4.78, 5) is 20.0. The molecule has 0 aliphatic carbocycles. The summed E-state index contributed by atoms with van der Waals surface area (Å²) in [6.07, 6.45) is 1.43. The van der Waals surface area contributed by atoms with Crippen molar-refractivity contribution in [2.45, 2.75) is 6.92 Å². The zero-order valence-electron chi connectivity index (χ0n) is 6.49. The fourth-order valence-electron chi connectivity index (χ4n) is 0.326. The maximum absolute atomic E-state index is 10.3. The molecule has 0 aliphatic rings. The van der Waals surface area contributed by atoms with Gasteiger partial charge in [-0.3, -0.25) is 0 Å². The van der Waals surface area contributed by atoms with Crippen molar-refractivity contribution >= 4 is 11.9 Å². The number of carboxylic acid groups (broad SMARTS) is 1. The summed E-state index contributed by atoms with van der Waals surface area (Å²) in [5.41, 5.74) is 0. The molecule has 5 heteroatoms. The van der Waals surface area contributed by atoms with Gasteiger partial charge in [0.15, 0.2) is 0 Å². The second-order valence-electron chi connectivity index (χ2n) is 1.40. The molecular formula is C6H7KO4. The second kappa shape index (κ2) is 8.41. The average Bonchev–Trinajstić information content (AvgIpc) is 1.85. The minimum absolute atomic E-state index is 0. The van der Waals surface area contributed by atoms with E-state index in [1.165, 1.54) is 0 Å². The number of hydrogen-bond acceptors (Lipinski definition) is 4. The molecule has 11 heavy (non-hydrogen) atoms. The standard InChI is InChI=1S/C6H8O4.K/c1-2-10-6(9)4-3-5(7)8;/h3-4H,2H2,1H3,(H,7,8);/q;+1/p-1/b4-3+;. The van der Waals surface area contributed by atoms with Crippen LogP contribution in [0.3, 0.4) is 0 Å². The summed E-state index contributed by atoms with van der Waals surface area (Å²) in [5, 5.41) is 9.70. The van der Waals surface area contributed by atoms with Crippen molar-refractivity contribution in [2.24, 2.45) is 0 Å². The Morgan fingerprint density at radius 3 is 2.36 bits per heavy atom. The summed E-state index contributed by atoms with van der Waals surface area (Å²) in [7, 11) is 0.